The Morgan fingerprint density at radius 3 is 2.11 bits per heavy atom. The summed E-state index contributed by atoms with van der Waals surface area (Å²) in [6.45, 7) is 1.71. The molecule has 0 spiro atoms. The van der Waals surface area contributed by atoms with Crippen molar-refractivity contribution in [3.05, 3.63) is 65.7 Å². The van der Waals surface area contributed by atoms with Gasteiger partial charge in [0.2, 0.25) is 5.91 Å². The Bertz CT molecular complexity index is 943. The van der Waals surface area contributed by atoms with Crippen molar-refractivity contribution in [3.63, 3.8) is 0 Å². The second-order valence-corrected chi connectivity index (χ2v) is 7.81. The van der Waals surface area contributed by atoms with E-state index in [1.165, 1.54) is 6.92 Å². The molecule has 0 aliphatic carbocycles. The lowest BCUT2D eigenvalue weighted by Crippen LogP contribution is -2.44. The first-order valence-electron chi connectivity index (χ1n) is 8.06. The van der Waals surface area contributed by atoms with E-state index < -0.39 is 38.1 Å². The van der Waals surface area contributed by atoms with E-state index in [2.05, 4.69) is 10.6 Å². The molecule has 0 aliphatic heterocycles. The smallest absolute Gasteiger partial charge is 0.350 e. The van der Waals surface area contributed by atoms with Gasteiger partial charge >= 0.3 is 5.51 Å². The molecule has 0 heterocycles. The van der Waals surface area contributed by atoms with Crippen LogP contribution in [0.5, 0.6) is 0 Å². The van der Waals surface area contributed by atoms with Crippen LogP contribution in [0.4, 0.5) is 13.2 Å². The SMILES string of the molecule is CC(NC(=O)c1ccc(S(=O)(=O)C(F)(F)F)cc1)C(=O)NCc1ccccc1. The van der Waals surface area contributed by atoms with Crippen molar-refractivity contribution in [1.29, 1.82) is 0 Å². The third-order valence-electron chi connectivity index (χ3n) is 3.78. The van der Waals surface area contributed by atoms with Crippen LogP contribution in [-0.4, -0.2) is 31.8 Å². The fourth-order valence-electron chi connectivity index (χ4n) is 2.20. The van der Waals surface area contributed by atoms with Crippen LogP contribution in [0.2, 0.25) is 0 Å². The van der Waals surface area contributed by atoms with Crippen molar-refractivity contribution < 1.29 is 31.2 Å². The van der Waals surface area contributed by atoms with Crippen molar-refractivity contribution in [3.8, 4) is 0 Å². The highest BCUT2D eigenvalue weighted by Gasteiger charge is 2.46. The zero-order chi connectivity index (χ0) is 20.9. The number of carbonyl (C=O) groups excluding carboxylic acids is 2. The Hall–Kier alpha value is -2.88. The number of hydrogen-bond acceptors (Lipinski definition) is 4. The lowest BCUT2D eigenvalue weighted by Gasteiger charge is -2.14. The molecule has 0 radical (unpaired) electrons. The van der Waals surface area contributed by atoms with Crippen LogP contribution < -0.4 is 10.6 Å². The molecule has 2 aromatic carbocycles. The van der Waals surface area contributed by atoms with Gasteiger partial charge in [0.05, 0.1) is 4.90 Å². The number of hydrogen-bond donors (Lipinski definition) is 2. The van der Waals surface area contributed by atoms with E-state index >= 15 is 0 Å². The van der Waals surface area contributed by atoms with Gasteiger partial charge in [-0.3, -0.25) is 9.59 Å². The first-order valence-corrected chi connectivity index (χ1v) is 9.54. The summed E-state index contributed by atoms with van der Waals surface area (Å²) in [7, 11) is -5.48. The number of alkyl halides is 3. The van der Waals surface area contributed by atoms with Gasteiger partial charge in [-0.15, -0.1) is 0 Å². The minimum atomic E-state index is -5.48. The number of amides is 2. The van der Waals surface area contributed by atoms with E-state index in [1.807, 2.05) is 30.3 Å². The summed E-state index contributed by atoms with van der Waals surface area (Å²) < 4.78 is 60.2. The first-order chi connectivity index (χ1) is 13.0. The number of nitrogens with one attached hydrogen (secondary N) is 2. The maximum Gasteiger partial charge on any atom is 0.501 e. The molecule has 1 atom stereocenters. The van der Waals surface area contributed by atoms with Crippen molar-refractivity contribution in [2.45, 2.75) is 29.9 Å². The molecule has 6 nitrogen and oxygen atoms in total. The van der Waals surface area contributed by atoms with E-state index in [9.17, 15) is 31.2 Å². The highest BCUT2D eigenvalue weighted by Crippen LogP contribution is 2.30. The van der Waals surface area contributed by atoms with Crippen LogP contribution in [0.3, 0.4) is 0 Å². The molecule has 150 valence electrons. The summed E-state index contributed by atoms with van der Waals surface area (Å²) in [4.78, 5) is 23.2. The normalized spacial score (nSPS) is 12.9. The highest BCUT2D eigenvalue weighted by atomic mass is 32.2. The number of halogens is 3. The lowest BCUT2D eigenvalue weighted by molar-refractivity contribution is -0.122. The summed E-state index contributed by atoms with van der Waals surface area (Å²) in [6.07, 6.45) is 0. The molecule has 1 unspecified atom stereocenters. The van der Waals surface area contributed by atoms with Gasteiger partial charge in [0.25, 0.3) is 15.7 Å². The first kappa shape index (κ1) is 21.4. The molecule has 0 bridgehead atoms. The quantitative estimate of drug-likeness (QED) is 0.759. The van der Waals surface area contributed by atoms with Crippen LogP contribution in [-0.2, 0) is 21.2 Å². The van der Waals surface area contributed by atoms with Gasteiger partial charge in [-0.1, -0.05) is 30.3 Å². The van der Waals surface area contributed by atoms with Gasteiger partial charge in [0.1, 0.15) is 6.04 Å². The summed E-state index contributed by atoms with van der Waals surface area (Å²) in [5, 5.41) is 5.04. The standard InChI is InChI=1S/C18H17F3N2O4S/c1-12(16(24)22-11-13-5-3-2-4-6-13)23-17(25)14-7-9-15(10-8-14)28(26,27)18(19,20)21/h2-10,12H,11H2,1H3,(H,22,24)(H,23,25). The molecule has 2 amide bonds. The van der Waals surface area contributed by atoms with Crippen LogP contribution in [0.25, 0.3) is 0 Å². The molecule has 0 fully saturated rings. The van der Waals surface area contributed by atoms with Crippen LogP contribution in [0.1, 0.15) is 22.8 Å². The molecule has 28 heavy (non-hydrogen) atoms. The van der Waals surface area contributed by atoms with E-state index in [4.69, 9.17) is 0 Å². The molecule has 10 heteroatoms. The average molecular weight is 414 g/mol. The van der Waals surface area contributed by atoms with E-state index in [1.54, 1.807) is 0 Å². The molecule has 2 rings (SSSR count). The third-order valence-corrected chi connectivity index (χ3v) is 5.28. The van der Waals surface area contributed by atoms with Gasteiger partial charge in [-0.25, -0.2) is 8.42 Å². The fraction of sp³-hybridized carbons (Fsp3) is 0.222. The van der Waals surface area contributed by atoms with Crippen LogP contribution >= 0.6 is 0 Å². The van der Waals surface area contributed by atoms with Gasteiger partial charge in [0, 0.05) is 12.1 Å². The molecule has 0 saturated carbocycles. The molecule has 0 saturated heterocycles. The summed E-state index contributed by atoms with van der Waals surface area (Å²) in [6, 6.07) is 11.5. The van der Waals surface area contributed by atoms with E-state index in [-0.39, 0.29) is 12.1 Å². The molecule has 2 aromatic rings. The second-order valence-electron chi connectivity index (χ2n) is 5.87. The van der Waals surface area contributed by atoms with Crippen molar-refractivity contribution in [1.82, 2.24) is 10.6 Å². The Balaban J connectivity index is 1.97. The maximum atomic E-state index is 12.5. The minimum Gasteiger partial charge on any atom is -0.350 e. The highest BCUT2D eigenvalue weighted by molar-refractivity contribution is 7.92. The minimum absolute atomic E-state index is 0.0798. The Labute approximate surface area is 159 Å². The Morgan fingerprint density at radius 1 is 1.00 bits per heavy atom. The number of sulfone groups is 1. The van der Waals surface area contributed by atoms with Gasteiger partial charge in [0.15, 0.2) is 0 Å². The molecule has 2 N–H and O–H groups in total. The maximum absolute atomic E-state index is 12.5. The summed E-state index contributed by atoms with van der Waals surface area (Å²) in [5.41, 5.74) is -4.64. The third kappa shape index (κ3) is 5.10. The van der Waals surface area contributed by atoms with Crippen molar-refractivity contribution >= 4 is 21.7 Å². The fourth-order valence-corrected chi connectivity index (χ4v) is 2.96. The predicted molar refractivity (Wildman–Crippen MR) is 94.9 cm³/mol. The Morgan fingerprint density at radius 2 is 1.57 bits per heavy atom. The molecule has 0 aromatic heterocycles. The van der Waals surface area contributed by atoms with Crippen LogP contribution in [0, 0.1) is 0 Å². The molecular formula is C18H17F3N2O4S. The lowest BCUT2D eigenvalue weighted by atomic mass is 10.2. The number of rotatable bonds is 6. The molecule has 0 aliphatic rings. The second kappa shape index (κ2) is 8.42. The zero-order valence-corrected chi connectivity index (χ0v) is 15.5. The topological polar surface area (TPSA) is 92.3 Å². The Kier molecular flexibility index (Phi) is 6.45. The van der Waals surface area contributed by atoms with Crippen molar-refractivity contribution in [2.75, 3.05) is 0 Å². The predicted octanol–water partition coefficient (Wildman–Crippen LogP) is 2.41. The largest absolute Gasteiger partial charge is 0.501 e. The van der Waals surface area contributed by atoms with Gasteiger partial charge in [-0.2, -0.15) is 13.2 Å². The zero-order valence-electron chi connectivity index (χ0n) is 14.7. The average Bonchev–Trinajstić information content (AvgIpc) is 2.66. The van der Waals surface area contributed by atoms with E-state index in [0.717, 1.165) is 17.7 Å². The van der Waals surface area contributed by atoms with Gasteiger partial charge in [-0.05, 0) is 36.8 Å². The van der Waals surface area contributed by atoms with Crippen LogP contribution in [0.15, 0.2) is 59.5 Å². The van der Waals surface area contributed by atoms with Gasteiger partial charge < -0.3 is 10.6 Å². The monoisotopic (exact) mass is 414 g/mol. The van der Waals surface area contributed by atoms with Crippen molar-refractivity contribution in [2.24, 2.45) is 0 Å². The molecular weight excluding hydrogens is 397 g/mol. The summed E-state index contributed by atoms with van der Waals surface area (Å²) in [5.74, 6) is -1.17. The number of benzene rings is 2. The number of carbonyl (C=O) groups is 2. The summed E-state index contributed by atoms with van der Waals surface area (Å²) >= 11 is 0. The van der Waals surface area contributed by atoms with E-state index in [0.29, 0.717) is 12.1 Å².